The topological polar surface area (TPSA) is 56.5 Å². The average Bonchev–Trinajstić information content (AvgIpc) is 2.94. The number of halogens is 6. The Bertz CT molecular complexity index is 949. The van der Waals surface area contributed by atoms with Crippen molar-refractivity contribution in [3.63, 3.8) is 0 Å². The van der Waals surface area contributed by atoms with Crippen LogP contribution in [0, 0.1) is 20.8 Å². The molecule has 0 atom stereocenters. The molecule has 0 saturated heterocycles. The Balaban J connectivity index is 0.00000270. The van der Waals surface area contributed by atoms with Gasteiger partial charge in [-0.1, -0.05) is 117 Å². The molecule has 0 unspecified atom stereocenters. The number of rotatable bonds is 25. The minimum absolute atomic E-state index is 0.156. The van der Waals surface area contributed by atoms with Gasteiger partial charge in [-0.15, -0.1) is 0 Å². The Morgan fingerprint density at radius 3 is 1.15 bits per heavy atom. The Morgan fingerprint density at radius 1 is 0.574 bits per heavy atom. The second-order valence-corrected chi connectivity index (χ2v) is 14.7. The first kappa shape index (κ1) is 45.1. The van der Waals surface area contributed by atoms with E-state index in [0.29, 0.717) is 12.8 Å². The van der Waals surface area contributed by atoms with Crippen LogP contribution in [-0.2, 0) is 19.1 Å². The number of ether oxygens (including phenoxy) is 2. The van der Waals surface area contributed by atoms with Crippen molar-refractivity contribution in [3.8, 4) is 0 Å². The van der Waals surface area contributed by atoms with Crippen molar-refractivity contribution in [2.75, 3.05) is 13.2 Å². The zero-order valence-electron chi connectivity index (χ0n) is 29.6. The third kappa shape index (κ3) is 31.1. The minimum atomic E-state index is -10.7. The molecule has 5 nitrogen and oxygen atoms in total. The van der Waals surface area contributed by atoms with Crippen LogP contribution < -0.4 is 4.57 Å². The number of carbonyl (C=O) groups is 2. The number of aryl methyl sites for hydroxylation is 3. The summed E-state index contributed by atoms with van der Waals surface area (Å²) in [6.07, 6.45) is 22.9. The first-order chi connectivity index (χ1) is 21.8. The maximum atomic E-state index is 12.5. The van der Waals surface area contributed by atoms with Crippen LogP contribution in [0.2, 0.25) is 0 Å². The van der Waals surface area contributed by atoms with Crippen molar-refractivity contribution >= 4 is 19.7 Å². The first-order valence-corrected chi connectivity index (χ1v) is 19.7. The van der Waals surface area contributed by atoms with Gasteiger partial charge in [-0.25, -0.2) is 0 Å². The molecule has 0 amide bonds. The summed E-state index contributed by atoms with van der Waals surface area (Å²) in [6.45, 7) is 11.1. The van der Waals surface area contributed by atoms with Gasteiger partial charge in [0, 0.05) is 38.8 Å². The molecule has 0 N–H and O–H groups in total. The van der Waals surface area contributed by atoms with Gasteiger partial charge in [-0.05, 0) is 25.3 Å². The summed E-state index contributed by atoms with van der Waals surface area (Å²) in [5, 5.41) is 0. The summed E-state index contributed by atoms with van der Waals surface area (Å²) in [4.78, 5) is 25.0. The molecule has 0 aliphatic carbocycles. The Hall–Kier alpha value is -1.90. The number of hydrogen-bond acceptors (Lipinski definition) is 4. The fourth-order valence-electron chi connectivity index (χ4n) is 5.57. The van der Waals surface area contributed by atoms with Gasteiger partial charge in [0.25, 0.3) is 0 Å². The van der Waals surface area contributed by atoms with E-state index in [2.05, 4.69) is 51.3 Å². The third-order valence-electron chi connectivity index (χ3n) is 7.84. The van der Waals surface area contributed by atoms with Gasteiger partial charge < -0.3 is 9.47 Å². The summed E-state index contributed by atoms with van der Waals surface area (Å²) in [5.74, 6) is -0.311. The van der Waals surface area contributed by atoms with E-state index in [9.17, 15) is 34.8 Å². The predicted molar refractivity (Wildman–Crippen MR) is 179 cm³/mol. The molecular formula is C35H62F6NO4P. The normalized spacial score (nSPS) is 13.0. The second kappa shape index (κ2) is 22.7. The second-order valence-electron chi connectivity index (χ2n) is 12.8. The average molecular weight is 706 g/mol. The van der Waals surface area contributed by atoms with Gasteiger partial charge in [0.05, 0.1) is 0 Å². The number of aromatic nitrogens is 1. The van der Waals surface area contributed by atoms with Crippen molar-refractivity contribution in [1.82, 2.24) is 0 Å². The maximum absolute atomic E-state index is 12.5. The molecule has 1 heterocycles. The van der Waals surface area contributed by atoms with Crippen molar-refractivity contribution in [3.05, 3.63) is 29.1 Å². The van der Waals surface area contributed by atoms with Crippen molar-refractivity contribution in [1.29, 1.82) is 0 Å². The van der Waals surface area contributed by atoms with Crippen LogP contribution in [0.4, 0.5) is 25.2 Å². The number of carbonyl (C=O) groups excluding carboxylic acids is 2. The van der Waals surface area contributed by atoms with E-state index in [-0.39, 0.29) is 31.2 Å². The van der Waals surface area contributed by atoms with E-state index in [1.165, 1.54) is 95.5 Å². The van der Waals surface area contributed by atoms with Gasteiger partial charge >= 0.3 is 44.9 Å². The molecule has 0 fully saturated rings. The summed E-state index contributed by atoms with van der Waals surface area (Å²) < 4.78 is 72.8. The number of hydrogen-bond donors (Lipinski definition) is 0. The molecule has 0 aromatic carbocycles. The van der Waals surface area contributed by atoms with Gasteiger partial charge in [0.1, 0.15) is 0 Å². The molecule has 1 aromatic heterocycles. The molecule has 278 valence electrons. The summed E-state index contributed by atoms with van der Waals surface area (Å²) in [5.41, 5.74) is 3.34. The van der Waals surface area contributed by atoms with Crippen molar-refractivity contribution in [2.24, 2.45) is 0 Å². The Kier molecular flexibility index (Phi) is 21.8. The molecule has 0 spiro atoms. The molecule has 1 rings (SSSR count). The van der Waals surface area contributed by atoms with E-state index in [4.69, 9.17) is 9.47 Å². The molecule has 12 heteroatoms. The van der Waals surface area contributed by atoms with Crippen LogP contribution in [0.25, 0.3) is 0 Å². The van der Waals surface area contributed by atoms with Crippen molar-refractivity contribution < 1.29 is 48.8 Å². The van der Waals surface area contributed by atoms with Crippen LogP contribution in [0.5, 0.6) is 0 Å². The van der Waals surface area contributed by atoms with Crippen LogP contribution in [-0.4, -0.2) is 25.2 Å². The molecule has 0 saturated carbocycles. The third-order valence-corrected chi connectivity index (χ3v) is 7.84. The molecule has 0 aliphatic rings. The number of esters is 2. The van der Waals surface area contributed by atoms with E-state index in [1.807, 2.05) is 0 Å². The summed E-state index contributed by atoms with van der Waals surface area (Å²) >= 11 is 0. The zero-order valence-corrected chi connectivity index (χ0v) is 30.5. The van der Waals surface area contributed by atoms with E-state index in [1.54, 1.807) is 0 Å². The van der Waals surface area contributed by atoms with Crippen LogP contribution in [0.3, 0.4) is 0 Å². The molecule has 47 heavy (non-hydrogen) atoms. The van der Waals surface area contributed by atoms with Crippen LogP contribution >= 0.6 is 7.81 Å². The van der Waals surface area contributed by atoms with E-state index in [0.717, 1.165) is 37.1 Å². The SMILES string of the molecule is CCCCCCCCCCCC(=O)OCC(COC(=O)CCCCCCCCCCC)[n+]1c(C)cc(C)cc1C.F[P-](F)(F)(F)(F)F. The van der Waals surface area contributed by atoms with E-state index < -0.39 is 7.81 Å². The Morgan fingerprint density at radius 2 is 0.851 bits per heavy atom. The zero-order chi connectivity index (χ0) is 35.8. The van der Waals surface area contributed by atoms with Gasteiger partial charge in [0.2, 0.25) is 6.04 Å². The Labute approximate surface area is 279 Å². The van der Waals surface area contributed by atoms with Gasteiger partial charge in [-0.2, -0.15) is 4.57 Å². The molecule has 1 aromatic rings. The van der Waals surface area contributed by atoms with Gasteiger partial charge in [0.15, 0.2) is 24.6 Å². The predicted octanol–water partition coefficient (Wildman–Crippen LogP) is 12.8. The summed E-state index contributed by atoms with van der Waals surface area (Å²) in [6, 6.07) is 4.02. The van der Waals surface area contributed by atoms with Crippen LogP contribution in [0.15, 0.2) is 12.1 Å². The van der Waals surface area contributed by atoms with Gasteiger partial charge in [-0.3, -0.25) is 9.59 Å². The fourth-order valence-corrected chi connectivity index (χ4v) is 5.57. The van der Waals surface area contributed by atoms with E-state index >= 15 is 0 Å². The van der Waals surface area contributed by atoms with Crippen molar-refractivity contribution in [2.45, 2.75) is 169 Å². The number of pyridine rings is 1. The number of unbranched alkanes of at least 4 members (excludes halogenated alkanes) is 16. The number of nitrogens with zero attached hydrogens (tertiary/aromatic N) is 1. The fraction of sp³-hybridized carbons (Fsp3) is 0.800. The first-order valence-electron chi connectivity index (χ1n) is 17.7. The molecular weight excluding hydrogens is 643 g/mol. The van der Waals surface area contributed by atoms with Crippen LogP contribution in [0.1, 0.15) is 165 Å². The molecule has 0 aliphatic heterocycles. The monoisotopic (exact) mass is 705 g/mol. The summed E-state index contributed by atoms with van der Waals surface area (Å²) in [7, 11) is -10.7. The standard InChI is InChI=1S/C35H62NO4.F6P/c1-6-8-10-12-14-16-18-20-22-24-34(37)39-28-33(36-31(4)26-30(3)27-32(36)5)29-40-35(38)25-23-21-19-17-15-13-11-9-7-2;1-7(2,3,4,5)6/h26-27,33H,6-25,28-29H2,1-5H3;/q+1;-1. The molecule has 0 radical (unpaired) electrons. The quantitative estimate of drug-likeness (QED) is 0.0334. The molecule has 0 bridgehead atoms.